The zero-order valence-corrected chi connectivity index (χ0v) is 11.6. The van der Waals surface area contributed by atoms with Crippen LogP contribution in [0.5, 0.6) is 0 Å². The molecule has 100 valence electrons. The van der Waals surface area contributed by atoms with Gasteiger partial charge in [-0.25, -0.2) is 0 Å². The molecule has 1 unspecified atom stereocenters. The van der Waals surface area contributed by atoms with Crippen molar-refractivity contribution in [3.8, 4) is 0 Å². The van der Waals surface area contributed by atoms with Gasteiger partial charge in [-0.1, -0.05) is 37.3 Å². The fraction of sp³-hybridized carbons (Fsp3) is 0.625. The van der Waals surface area contributed by atoms with E-state index in [1.165, 1.54) is 44.5 Å². The van der Waals surface area contributed by atoms with Crippen molar-refractivity contribution >= 4 is 0 Å². The van der Waals surface area contributed by atoms with Crippen LogP contribution in [0.25, 0.3) is 0 Å². The summed E-state index contributed by atoms with van der Waals surface area (Å²) in [5.41, 5.74) is 1.44. The molecular formula is C16H26N2. The quantitative estimate of drug-likeness (QED) is 0.776. The Bertz CT molecular complexity index is 323. The summed E-state index contributed by atoms with van der Waals surface area (Å²) in [5, 5.41) is 3.56. The second-order valence-corrected chi connectivity index (χ2v) is 5.43. The Morgan fingerprint density at radius 2 is 2.11 bits per heavy atom. The van der Waals surface area contributed by atoms with Crippen LogP contribution in [0.15, 0.2) is 30.3 Å². The number of hydrogen-bond donors (Lipinski definition) is 1. The molecule has 1 aliphatic heterocycles. The third-order valence-corrected chi connectivity index (χ3v) is 3.71. The molecule has 0 aromatic heterocycles. The Labute approximate surface area is 111 Å². The fourth-order valence-corrected chi connectivity index (χ4v) is 2.79. The molecule has 1 saturated heterocycles. The Kier molecular flexibility index (Phi) is 5.69. The van der Waals surface area contributed by atoms with Crippen molar-refractivity contribution in [3.05, 3.63) is 35.9 Å². The molecular weight excluding hydrogens is 220 g/mol. The first-order valence-electron chi connectivity index (χ1n) is 7.35. The first-order chi connectivity index (χ1) is 8.88. The van der Waals surface area contributed by atoms with Gasteiger partial charge in [0.25, 0.3) is 0 Å². The van der Waals surface area contributed by atoms with Gasteiger partial charge >= 0.3 is 0 Å². The molecule has 0 saturated carbocycles. The standard InChI is InChI=1S/C16H26N2/c1-2-10-17-12-16-9-6-11-18(14-16)13-15-7-4-3-5-8-15/h3-5,7-8,16-17H,2,6,9-14H2,1H3. The normalized spacial score (nSPS) is 21.1. The first kappa shape index (κ1) is 13.6. The average molecular weight is 246 g/mol. The predicted molar refractivity (Wildman–Crippen MR) is 77.6 cm³/mol. The van der Waals surface area contributed by atoms with Crippen LogP contribution >= 0.6 is 0 Å². The van der Waals surface area contributed by atoms with Crippen molar-refractivity contribution in [2.24, 2.45) is 5.92 Å². The summed E-state index contributed by atoms with van der Waals surface area (Å²) < 4.78 is 0. The minimum Gasteiger partial charge on any atom is -0.316 e. The lowest BCUT2D eigenvalue weighted by Crippen LogP contribution is -2.39. The van der Waals surface area contributed by atoms with Gasteiger partial charge in [0, 0.05) is 13.1 Å². The molecule has 0 aliphatic carbocycles. The minimum absolute atomic E-state index is 0.842. The second-order valence-electron chi connectivity index (χ2n) is 5.43. The monoisotopic (exact) mass is 246 g/mol. The molecule has 2 heteroatoms. The van der Waals surface area contributed by atoms with E-state index in [0.29, 0.717) is 0 Å². The number of benzene rings is 1. The molecule has 1 atom stereocenters. The summed E-state index contributed by atoms with van der Waals surface area (Å²) in [7, 11) is 0. The van der Waals surface area contributed by atoms with Gasteiger partial charge in [-0.15, -0.1) is 0 Å². The molecule has 0 radical (unpaired) electrons. The molecule has 1 N–H and O–H groups in total. The zero-order valence-electron chi connectivity index (χ0n) is 11.6. The van der Waals surface area contributed by atoms with E-state index in [-0.39, 0.29) is 0 Å². The van der Waals surface area contributed by atoms with Gasteiger partial charge < -0.3 is 5.32 Å². The van der Waals surface area contributed by atoms with Crippen molar-refractivity contribution in [2.45, 2.75) is 32.7 Å². The number of piperidine rings is 1. The maximum absolute atomic E-state index is 3.56. The summed E-state index contributed by atoms with van der Waals surface area (Å²) >= 11 is 0. The average Bonchev–Trinajstić information content (AvgIpc) is 2.41. The second kappa shape index (κ2) is 7.55. The highest BCUT2D eigenvalue weighted by atomic mass is 15.1. The summed E-state index contributed by atoms with van der Waals surface area (Å²) in [6.45, 7) is 8.22. The van der Waals surface area contributed by atoms with E-state index < -0.39 is 0 Å². The van der Waals surface area contributed by atoms with E-state index in [0.717, 1.165) is 19.0 Å². The van der Waals surface area contributed by atoms with Gasteiger partial charge in [-0.3, -0.25) is 4.90 Å². The summed E-state index contributed by atoms with van der Waals surface area (Å²) in [4.78, 5) is 2.61. The molecule has 1 heterocycles. The maximum Gasteiger partial charge on any atom is 0.0233 e. The lowest BCUT2D eigenvalue weighted by Gasteiger charge is -2.33. The molecule has 18 heavy (non-hydrogen) atoms. The van der Waals surface area contributed by atoms with Crippen molar-refractivity contribution in [1.82, 2.24) is 10.2 Å². The van der Waals surface area contributed by atoms with E-state index in [1.807, 2.05) is 0 Å². The number of nitrogens with one attached hydrogen (secondary N) is 1. The predicted octanol–water partition coefficient (Wildman–Crippen LogP) is 2.90. The largest absolute Gasteiger partial charge is 0.316 e. The Balaban J connectivity index is 1.76. The van der Waals surface area contributed by atoms with E-state index in [1.54, 1.807) is 0 Å². The highest BCUT2D eigenvalue weighted by molar-refractivity contribution is 5.14. The highest BCUT2D eigenvalue weighted by Gasteiger charge is 2.19. The number of likely N-dealkylation sites (tertiary alicyclic amines) is 1. The van der Waals surface area contributed by atoms with Crippen LogP contribution in [0.3, 0.4) is 0 Å². The van der Waals surface area contributed by atoms with Crippen molar-refractivity contribution in [2.75, 3.05) is 26.2 Å². The van der Waals surface area contributed by atoms with E-state index in [2.05, 4.69) is 47.5 Å². The molecule has 1 aromatic rings. The van der Waals surface area contributed by atoms with E-state index >= 15 is 0 Å². The van der Waals surface area contributed by atoms with E-state index in [4.69, 9.17) is 0 Å². The van der Waals surface area contributed by atoms with Gasteiger partial charge in [0.1, 0.15) is 0 Å². The lowest BCUT2D eigenvalue weighted by atomic mass is 9.97. The van der Waals surface area contributed by atoms with Crippen LogP contribution in [-0.4, -0.2) is 31.1 Å². The number of nitrogens with zero attached hydrogens (tertiary/aromatic N) is 1. The van der Waals surface area contributed by atoms with Crippen LogP contribution in [-0.2, 0) is 6.54 Å². The molecule has 1 aromatic carbocycles. The van der Waals surface area contributed by atoms with Crippen LogP contribution < -0.4 is 5.32 Å². The minimum atomic E-state index is 0.842. The van der Waals surface area contributed by atoms with Crippen LogP contribution in [0.4, 0.5) is 0 Å². The van der Waals surface area contributed by atoms with E-state index in [9.17, 15) is 0 Å². The topological polar surface area (TPSA) is 15.3 Å². The smallest absolute Gasteiger partial charge is 0.0233 e. The zero-order chi connectivity index (χ0) is 12.6. The van der Waals surface area contributed by atoms with Crippen molar-refractivity contribution in [1.29, 1.82) is 0 Å². The molecule has 1 fully saturated rings. The van der Waals surface area contributed by atoms with Crippen LogP contribution in [0.2, 0.25) is 0 Å². The maximum atomic E-state index is 3.56. The summed E-state index contributed by atoms with van der Waals surface area (Å²) in [6, 6.07) is 10.8. The fourth-order valence-electron chi connectivity index (χ4n) is 2.79. The Morgan fingerprint density at radius 3 is 2.89 bits per heavy atom. The van der Waals surface area contributed by atoms with Gasteiger partial charge in [0.2, 0.25) is 0 Å². The van der Waals surface area contributed by atoms with Crippen molar-refractivity contribution < 1.29 is 0 Å². The summed E-state index contributed by atoms with van der Waals surface area (Å²) in [6.07, 6.45) is 3.98. The number of hydrogen-bond acceptors (Lipinski definition) is 2. The molecule has 2 nitrogen and oxygen atoms in total. The lowest BCUT2D eigenvalue weighted by molar-refractivity contribution is 0.165. The molecule has 2 rings (SSSR count). The number of rotatable bonds is 6. The van der Waals surface area contributed by atoms with Crippen molar-refractivity contribution in [3.63, 3.8) is 0 Å². The molecule has 1 aliphatic rings. The Morgan fingerprint density at radius 1 is 1.28 bits per heavy atom. The highest BCUT2D eigenvalue weighted by Crippen LogP contribution is 2.17. The van der Waals surface area contributed by atoms with Crippen LogP contribution in [0, 0.1) is 5.92 Å². The van der Waals surface area contributed by atoms with Crippen LogP contribution in [0.1, 0.15) is 31.7 Å². The SMILES string of the molecule is CCCNCC1CCCN(Cc2ccccc2)C1. The van der Waals surface area contributed by atoms with Gasteiger partial charge in [0.05, 0.1) is 0 Å². The Hall–Kier alpha value is -0.860. The summed E-state index contributed by atoms with van der Waals surface area (Å²) in [5.74, 6) is 0.842. The first-order valence-corrected chi connectivity index (χ1v) is 7.35. The van der Waals surface area contributed by atoms with Gasteiger partial charge in [0.15, 0.2) is 0 Å². The third kappa shape index (κ3) is 4.43. The third-order valence-electron chi connectivity index (χ3n) is 3.71. The van der Waals surface area contributed by atoms with Gasteiger partial charge in [-0.2, -0.15) is 0 Å². The molecule has 0 spiro atoms. The van der Waals surface area contributed by atoms with Gasteiger partial charge in [-0.05, 0) is 50.4 Å². The molecule has 0 bridgehead atoms. The molecule has 0 amide bonds.